The van der Waals surface area contributed by atoms with Crippen molar-refractivity contribution in [2.75, 3.05) is 45.9 Å². The Bertz CT molecular complexity index is 445. The molecule has 2 aliphatic heterocycles. The summed E-state index contributed by atoms with van der Waals surface area (Å²) in [5.41, 5.74) is 7.73. The van der Waals surface area contributed by atoms with Gasteiger partial charge in [-0.05, 0) is 5.56 Å². The molecule has 2 saturated heterocycles. The van der Waals surface area contributed by atoms with Gasteiger partial charge in [0.25, 0.3) is 0 Å². The molecule has 2 fully saturated rings. The van der Waals surface area contributed by atoms with Crippen LogP contribution in [0.3, 0.4) is 0 Å². The highest BCUT2D eigenvalue weighted by Crippen LogP contribution is 2.28. The lowest BCUT2D eigenvalue weighted by Gasteiger charge is -2.39. The molecule has 2 aliphatic rings. The lowest BCUT2D eigenvalue weighted by atomic mass is 9.85. The molecule has 4 nitrogen and oxygen atoms in total. The third-order valence-electron chi connectivity index (χ3n) is 4.92. The van der Waals surface area contributed by atoms with Gasteiger partial charge in [-0.3, -0.25) is 4.90 Å². The summed E-state index contributed by atoms with van der Waals surface area (Å²) in [6.07, 6.45) is 0. The van der Waals surface area contributed by atoms with Crippen molar-refractivity contribution in [3.8, 4) is 0 Å². The van der Waals surface area contributed by atoms with E-state index in [0.717, 1.165) is 45.9 Å². The molecule has 116 valence electrons. The number of hydrogen-bond acceptors (Lipinski definition) is 4. The van der Waals surface area contributed by atoms with Gasteiger partial charge >= 0.3 is 0 Å². The first kappa shape index (κ1) is 15.0. The third-order valence-corrected chi connectivity index (χ3v) is 4.92. The molecule has 2 heterocycles. The minimum absolute atomic E-state index is 0.127. The van der Waals surface area contributed by atoms with Crippen molar-refractivity contribution < 1.29 is 4.74 Å². The van der Waals surface area contributed by atoms with E-state index in [-0.39, 0.29) is 11.5 Å². The summed E-state index contributed by atoms with van der Waals surface area (Å²) in [5, 5.41) is 0. The lowest BCUT2D eigenvalue weighted by Crippen LogP contribution is -2.52. The van der Waals surface area contributed by atoms with Gasteiger partial charge in [0.1, 0.15) is 0 Å². The van der Waals surface area contributed by atoms with Crippen LogP contribution in [0.15, 0.2) is 30.3 Å². The van der Waals surface area contributed by atoms with E-state index in [1.165, 1.54) is 5.56 Å². The first-order valence-corrected chi connectivity index (χ1v) is 7.98. The van der Waals surface area contributed by atoms with Crippen molar-refractivity contribution in [3.05, 3.63) is 35.9 Å². The van der Waals surface area contributed by atoms with Crippen LogP contribution in [0.5, 0.6) is 0 Å². The largest absolute Gasteiger partial charge is 0.379 e. The van der Waals surface area contributed by atoms with Crippen LogP contribution in [0.1, 0.15) is 12.5 Å². The fraction of sp³-hybridized carbons (Fsp3) is 0.647. The molecule has 0 aliphatic carbocycles. The molecule has 4 heteroatoms. The predicted octanol–water partition coefficient (Wildman–Crippen LogP) is 1.17. The van der Waals surface area contributed by atoms with Crippen LogP contribution in [0.25, 0.3) is 0 Å². The first-order valence-electron chi connectivity index (χ1n) is 7.98. The van der Waals surface area contributed by atoms with E-state index in [9.17, 15) is 0 Å². The van der Waals surface area contributed by atoms with Crippen LogP contribution in [0.2, 0.25) is 0 Å². The van der Waals surface area contributed by atoms with Crippen molar-refractivity contribution in [2.24, 2.45) is 11.1 Å². The monoisotopic (exact) mass is 289 g/mol. The van der Waals surface area contributed by atoms with Gasteiger partial charge in [0.15, 0.2) is 0 Å². The molecule has 1 aromatic carbocycles. The molecule has 0 amide bonds. The number of piperazine rings is 1. The summed E-state index contributed by atoms with van der Waals surface area (Å²) >= 11 is 0. The molecule has 0 radical (unpaired) electrons. The summed E-state index contributed by atoms with van der Waals surface area (Å²) in [6, 6.07) is 10.9. The van der Waals surface area contributed by atoms with Crippen LogP contribution in [-0.2, 0) is 11.3 Å². The summed E-state index contributed by atoms with van der Waals surface area (Å²) in [4.78, 5) is 5.09. The van der Waals surface area contributed by atoms with Gasteiger partial charge in [-0.15, -0.1) is 0 Å². The Morgan fingerprint density at radius 3 is 2.43 bits per heavy atom. The number of hydrogen-bond donors (Lipinski definition) is 1. The smallest absolute Gasteiger partial charge is 0.0624 e. The molecule has 21 heavy (non-hydrogen) atoms. The Kier molecular flexibility index (Phi) is 4.60. The lowest BCUT2D eigenvalue weighted by molar-refractivity contribution is 0.0741. The highest BCUT2D eigenvalue weighted by molar-refractivity contribution is 5.14. The van der Waals surface area contributed by atoms with Crippen molar-refractivity contribution >= 4 is 0 Å². The standard InChI is InChI=1S/C17H27N3O/c1-17(14-21-12-16(17)18)13-20-9-7-19(8-10-20)11-15-5-3-2-4-6-15/h2-6,16H,7-14,18H2,1H3. The van der Waals surface area contributed by atoms with Gasteiger partial charge in [-0.2, -0.15) is 0 Å². The summed E-state index contributed by atoms with van der Waals surface area (Å²) in [7, 11) is 0. The maximum atomic E-state index is 6.20. The van der Waals surface area contributed by atoms with Gasteiger partial charge in [0, 0.05) is 50.7 Å². The van der Waals surface area contributed by atoms with Crippen molar-refractivity contribution in [2.45, 2.75) is 19.5 Å². The molecule has 2 N–H and O–H groups in total. The molecule has 1 aromatic rings. The topological polar surface area (TPSA) is 41.7 Å². The number of benzene rings is 1. The molecule has 0 bridgehead atoms. The zero-order chi connectivity index (χ0) is 14.7. The van der Waals surface area contributed by atoms with Crippen molar-refractivity contribution in [1.82, 2.24) is 9.80 Å². The van der Waals surface area contributed by atoms with Crippen LogP contribution < -0.4 is 5.73 Å². The predicted molar refractivity (Wildman–Crippen MR) is 85.1 cm³/mol. The minimum Gasteiger partial charge on any atom is -0.379 e. The highest BCUT2D eigenvalue weighted by atomic mass is 16.5. The minimum atomic E-state index is 0.127. The van der Waals surface area contributed by atoms with E-state index in [1.54, 1.807) is 0 Å². The molecule has 0 spiro atoms. The van der Waals surface area contributed by atoms with Crippen molar-refractivity contribution in [3.63, 3.8) is 0 Å². The van der Waals surface area contributed by atoms with E-state index in [1.807, 2.05) is 0 Å². The number of ether oxygens (including phenoxy) is 1. The van der Waals surface area contributed by atoms with Crippen LogP contribution >= 0.6 is 0 Å². The molecular weight excluding hydrogens is 262 g/mol. The second-order valence-electron chi connectivity index (χ2n) is 6.81. The average molecular weight is 289 g/mol. The molecular formula is C17H27N3O. The van der Waals surface area contributed by atoms with E-state index >= 15 is 0 Å². The zero-order valence-corrected chi connectivity index (χ0v) is 13.0. The van der Waals surface area contributed by atoms with E-state index in [0.29, 0.717) is 6.61 Å². The van der Waals surface area contributed by atoms with Gasteiger partial charge in [-0.25, -0.2) is 0 Å². The normalized spacial score (nSPS) is 31.6. The summed E-state index contributed by atoms with van der Waals surface area (Å²) in [5.74, 6) is 0. The number of rotatable bonds is 4. The fourth-order valence-electron chi connectivity index (χ4n) is 3.35. The Labute approximate surface area is 127 Å². The second-order valence-corrected chi connectivity index (χ2v) is 6.81. The Balaban J connectivity index is 1.47. The van der Waals surface area contributed by atoms with Gasteiger partial charge in [0.2, 0.25) is 0 Å². The van der Waals surface area contributed by atoms with Gasteiger partial charge in [0.05, 0.1) is 13.2 Å². The summed E-state index contributed by atoms with van der Waals surface area (Å²) in [6.45, 7) is 10.5. The van der Waals surface area contributed by atoms with Gasteiger partial charge < -0.3 is 15.4 Å². The third kappa shape index (κ3) is 3.64. The summed E-state index contributed by atoms with van der Waals surface area (Å²) < 4.78 is 5.55. The van der Waals surface area contributed by atoms with Crippen LogP contribution in [0.4, 0.5) is 0 Å². The Morgan fingerprint density at radius 2 is 1.81 bits per heavy atom. The fourth-order valence-corrected chi connectivity index (χ4v) is 3.35. The SMILES string of the molecule is CC1(CN2CCN(Cc3ccccc3)CC2)COCC1N. The van der Waals surface area contributed by atoms with Crippen LogP contribution in [-0.4, -0.2) is 61.8 Å². The Morgan fingerprint density at radius 1 is 1.14 bits per heavy atom. The van der Waals surface area contributed by atoms with Crippen molar-refractivity contribution in [1.29, 1.82) is 0 Å². The molecule has 2 unspecified atom stereocenters. The first-order chi connectivity index (χ1) is 10.2. The van der Waals surface area contributed by atoms with Crippen LogP contribution in [0, 0.1) is 5.41 Å². The maximum Gasteiger partial charge on any atom is 0.0624 e. The van der Waals surface area contributed by atoms with E-state index in [2.05, 4.69) is 47.1 Å². The quantitative estimate of drug-likeness (QED) is 0.903. The van der Waals surface area contributed by atoms with E-state index in [4.69, 9.17) is 10.5 Å². The molecule has 2 atom stereocenters. The highest BCUT2D eigenvalue weighted by Gasteiger charge is 2.39. The van der Waals surface area contributed by atoms with Gasteiger partial charge in [-0.1, -0.05) is 37.3 Å². The zero-order valence-electron chi connectivity index (χ0n) is 13.0. The average Bonchev–Trinajstić information content (AvgIpc) is 2.82. The van der Waals surface area contributed by atoms with E-state index < -0.39 is 0 Å². The molecule has 0 saturated carbocycles. The molecule has 0 aromatic heterocycles. The number of nitrogens with two attached hydrogens (primary N) is 1. The maximum absolute atomic E-state index is 6.20. The second kappa shape index (κ2) is 6.44. The Hall–Kier alpha value is -0.940. The number of nitrogens with zero attached hydrogens (tertiary/aromatic N) is 2. The molecule has 3 rings (SSSR count).